The van der Waals surface area contributed by atoms with Crippen LogP contribution in [-0.4, -0.2) is 18.5 Å². The van der Waals surface area contributed by atoms with Crippen LogP contribution in [0.5, 0.6) is 0 Å². The van der Waals surface area contributed by atoms with Crippen molar-refractivity contribution < 1.29 is 9.18 Å². The Morgan fingerprint density at radius 3 is 2.30 bits per heavy atom. The molecular formula is C16H25FN2O. The van der Waals surface area contributed by atoms with E-state index in [1.807, 2.05) is 34.6 Å². The highest BCUT2D eigenvalue weighted by Crippen LogP contribution is 2.25. The molecule has 3 N–H and O–H groups in total. The summed E-state index contributed by atoms with van der Waals surface area (Å²) >= 11 is 0. The Bertz CT molecular complexity index is 478. The van der Waals surface area contributed by atoms with E-state index in [-0.39, 0.29) is 17.1 Å². The Kier molecular flexibility index (Phi) is 4.92. The van der Waals surface area contributed by atoms with Crippen molar-refractivity contribution in [2.45, 2.75) is 46.1 Å². The molecule has 1 atom stereocenters. The number of nitrogens with one attached hydrogen (secondary N) is 1. The maximum atomic E-state index is 13.8. The van der Waals surface area contributed by atoms with Crippen LogP contribution in [0.25, 0.3) is 0 Å². The highest BCUT2D eigenvalue weighted by atomic mass is 19.1. The van der Waals surface area contributed by atoms with Crippen LogP contribution in [0.15, 0.2) is 24.3 Å². The molecule has 20 heavy (non-hydrogen) atoms. The standard InChI is InChI=1S/C16H25FN2O/c1-15(2,3)13(18)14(20)19-10-16(4,5)11-8-6-7-9-12(11)17/h6-9,13H,10,18H2,1-5H3,(H,19,20)/t13-/m1/s1. The predicted molar refractivity (Wildman–Crippen MR) is 79.9 cm³/mol. The van der Waals surface area contributed by atoms with Crippen molar-refractivity contribution in [1.29, 1.82) is 0 Å². The third-order valence-electron chi connectivity index (χ3n) is 3.52. The summed E-state index contributed by atoms with van der Waals surface area (Å²) < 4.78 is 13.8. The number of hydrogen-bond donors (Lipinski definition) is 2. The molecular weight excluding hydrogens is 255 g/mol. The van der Waals surface area contributed by atoms with Crippen LogP contribution >= 0.6 is 0 Å². The predicted octanol–water partition coefficient (Wildman–Crippen LogP) is 2.59. The maximum Gasteiger partial charge on any atom is 0.237 e. The summed E-state index contributed by atoms with van der Waals surface area (Å²) in [6.45, 7) is 9.89. The highest BCUT2D eigenvalue weighted by molar-refractivity contribution is 5.82. The van der Waals surface area contributed by atoms with Crippen LogP contribution in [0.1, 0.15) is 40.2 Å². The van der Waals surface area contributed by atoms with E-state index in [4.69, 9.17) is 5.73 Å². The van der Waals surface area contributed by atoms with Crippen molar-refractivity contribution in [3.05, 3.63) is 35.6 Å². The Balaban J connectivity index is 2.74. The second-order valence-electron chi connectivity index (χ2n) is 6.93. The molecule has 0 aliphatic rings. The lowest BCUT2D eigenvalue weighted by atomic mass is 9.83. The van der Waals surface area contributed by atoms with Crippen LogP contribution < -0.4 is 11.1 Å². The number of carbonyl (C=O) groups excluding carboxylic acids is 1. The van der Waals surface area contributed by atoms with Crippen LogP contribution in [0, 0.1) is 11.2 Å². The number of halogens is 1. The summed E-state index contributed by atoms with van der Waals surface area (Å²) in [5.74, 6) is -0.464. The van der Waals surface area contributed by atoms with Gasteiger partial charge in [-0.15, -0.1) is 0 Å². The fourth-order valence-corrected chi connectivity index (χ4v) is 1.92. The first-order valence-corrected chi connectivity index (χ1v) is 6.84. The van der Waals surface area contributed by atoms with Gasteiger partial charge in [-0.25, -0.2) is 4.39 Å². The molecule has 0 fully saturated rings. The summed E-state index contributed by atoms with van der Waals surface area (Å²) in [7, 11) is 0. The van der Waals surface area contributed by atoms with E-state index < -0.39 is 11.5 Å². The summed E-state index contributed by atoms with van der Waals surface area (Å²) in [6, 6.07) is 6.04. The van der Waals surface area contributed by atoms with E-state index in [0.717, 1.165) is 0 Å². The second kappa shape index (κ2) is 5.92. The van der Waals surface area contributed by atoms with Crippen LogP contribution in [-0.2, 0) is 10.2 Å². The van der Waals surface area contributed by atoms with Gasteiger partial charge in [-0.2, -0.15) is 0 Å². The van der Waals surface area contributed by atoms with E-state index in [1.165, 1.54) is 6.07 Å². The van der Waals surface area contributed by atoms with Crippen LogP contribution in [0.2, 0.25) is 0 Å². The zero-order chi connectivity index (χ0) is 15.6. The molecule has 0 aliphatic heterocycles. The molecule has 0 aliphatic carbocycles. The minimum atomic E-state index is -0.584. The van der Waals surface area contributed by atoms with Gasteiger partial charge in [-0.3, -0.25) is 4.79 Å². The Labute approximate surface area is 120 Å². The van der Waals surface area contributed by atoms with Gasteiger partial charge in [-0.05, 0) is 17.0 Å². The normalized spacial score (nSPS) is 13.9. The third kappa shape index (κ3) is 4.04. The topological polar surface area (TPSA) is 55.1 Å². The lowest BCUT2D eigenvalue weighted by Gasteiger charge is -2.30. The molecule has 1 rings (SSSR count). The van der Waals surface area contributed by atoms with E-state index in [0.29, 0.717) is 12.1 Å². The first kappa shape index (κ1) is 16.6. The quantitative estimate of drug-likeness (QED) is 0.890. The number of nitrogens with two attached hydrogens (primary N) is 1. The average Bonchev–Trinajstić information content (AvgIpc) is 2.34. The SMILES string of the molecule is CC(C)(CNC(=O)[C@@H](N)C(C)(C)C)c1ccccc1F. The summed E-state index contributed by atoms with van der Waals surface area (Å²) in [5.41, 5.74) is 5.71. The maximum absolute atomic E-state index is 13.8. The average molecular weight is 280 g/mol. The smallest absolute Gasteiger partial charge is 0.237 e. The highest BCUT2D eigenvalue weighted by Gasteiger charge is 2.30. The van der Waals surface area contributed by atoms with Crippen molar-refractivity contribution in [3.8, 4) is 0 Å². The first-order valence-electron chi connectivity index (χ1n) is 6.84. The third-order valence-corrected chi connectivity index (χ3v) is 3.52. The minimum absolute atomic E-state index is 0.207. The molecule has 112 valence electrons. The van der Waals surface area contributed by atoms with E-state index in [9.17, 15) is 9.18 Å². The lowest BCUT2D eigenvalue weighted by molar-refractivity contribution is -0.124. The number of hydrogen-bond acceptors (Lipinski definition) is 2. The van der Waals surface area contributed by atoms with Gasteiger partial charge in [0.2, 0.25) is 5.91 Å². The fourth-order valence-electron chi connectivity index (χ4n) is 1.92. The molecule has 0 heterocycles. The van der Waals surface area contributed by atoms with Crippen molar-refractivity contribution in [2.75, 3.05) is 6.54 Å². The largest absolute Gasteiger partial charge is 0.354 e. The van der Waals surface area contributed by atoms with Gasteiger partial charge in [-0.1, -0.05) is 52.8 Å². The first-order chi connectivity index (χ1) is 9.05. The van der Waals surface area contributed by atoms with Gasteiger partial charge in [0.25, 0.3) is 0 Å². The Morgan fingerprint density at radius 2 is 1.80 bits per heavy atom. The molecule has 0 unspecified atom stereocenters. The molecule has 1 aromatic carbocycles. The zero-order valence-corrected chi connectivity index (χ0v) is 13.0. The van der Waals surface area contributed by atoms with Crippen LogP contribution in [0.4, 0.5) is 4.39 Å². The van der Waals surface area contributed by atoms with Gasteiger partial charge < -0.3 is 11.1 Å². The molecule has 0 radical (unpaired) electrons. The molecule has 0 aromatic heterocycles. The number of carbonyl (C=O) groups is 1. The van der Waals surface area contributed by atoms with Crippen molar-refractivity contribution in [1.82, 2.24) is 5.32 Å². The molecule has 4 heteroatoms. The van der Waals surface area contributed by atoms with Gasteiger partial charge in [0.1, 0.15) is 5.82 Å². The Morgan fingerprint density at radius 1 is 1.25 bits per heavy atom. The van der Waals surface area contributed by atoms with E-state index >= 15 is 0 Å². The lowest BCUT2D eigenvalue weighted by Crippen LogP contribution is -2.51. The van der Waals surface area contributed by atoms with Gasteiger partial charge in [0.15, 0.2) is 0 Å². The molecule has 0 spiro atoms. The van der Waals surface area contributed by atoms with Crippen molar-refractivity contribution in [3.63, 3.8) is 0 Å². The summed E-state index contributed by atoms with van der Waals surface area (Å²) in [6.07, 6.45) is 0. The fraction of sp³-hybridized carbons (Fsp3) is 0.562. The summed E-state index contributed by atoms with van der Waals surface area (Å²) in [4.78, 5) is 12.0. The molecule has 0 saturated carbocycles. The monoisotopic (exact) mass is 280 g/mol. The minimum Gasteiger partial charge on any atom is -0.354 e. The van der Waals surface area contributed by atoms with Crippen LogP contribution in [0.3, 0.4) is 0 Å². The molecule has 1 amide bonds. The van der Waals surface area contributed by atoms with Crippen molar-refractivity contribution >= 4 is 5.91 Å². The zero-order valence-electron chi connectivity index (χ0n) is 13.0. The Hall–Kier alpha value is -1.42. The van der Waals surface area contributed by atoms with Gasteiger partial charge in [0, 0.05) is 12.0 Å². The second-order valence-corrected chi connectivity index (χ2v) is 6.93. The summed E-state index contributed by atoms with van der Waals surface area (Å²) in [5, 5.41) is 2.82. The van der Waals surface area contributed by atoms with Gasteiger partial charge in [0.05, 0.1) is 6.04 Å². The van der Waals surface area contributed by atoms with E-state index in [1.54, 1.807) is 18.2 Å². The molecule has 3 nitrogen and oxygen atoms in total. The number of rotatable bonds is 4. The molecule has 0 saturated heterocycles. The number of amides is 1. The number of benzene rings is 1. The van der Waals surface area contributed by atoms with Crippen molar-refractivity contribution in [2.24, 2.45) is 11.1 Å². The molecule has 1 aromatic rings. The molecule has 0 bridgehead atoms. The van der Waals surface area contributed by atoms with E-state index in [2.05, 4.69) is 5.32 Å². The van der Waals surface area contributed by atoms with Gasteiger partial charge >= 0.3 is 0 Å².